The molecule has 1 saturated heterocycles. The molecule has 1 heteroatoms. The summed E-state index contributed by atoms with van der Waals surface area (Å²) in [6.45, 7) is 11.5. The predicted octanol–water partition coefficient (Wildman–Crippen LogP) is 3.51. The Morgan fingerprint density at radius 3 is 1.71 bits per heavy atom. The fourth-order valence-electron chi connectivity index (χ4n) is 2.49. The van der Waals surface area contributed by atoms with Crippen LogP contribution >= 0.6 is 7.92 Å². The second-order valence-corrected chi connectivity index (χ2v) is 7.53. The van der Waals surface area contributed by atoms with E-state index in [2.05, 4.69) is 46.8 Å². The molecule has 0 saturated carbocycles. The fraction of sp³-hybridized carbons (Fsp3) is 0.538. The van der Waals surface area contributed by atoms with Gasteiger partial charge in [-0.2, -0.15) is 0 Å². The van der Waals surface area contributed by atoms with Gasteiger partial charge in [0.2, 0.25) is 0 Å². The average Bonchev–Trinajstić information content (AvgIpc) is 2.60. The molecule has 2 rings (SSSR count). The lowest BCUT2D eigenvalue weighted by atomic mass is 10.1. The first-order valence-corrected chi connectivity index (χ1v) is 6.86. The van der Waals surface area contributed by atoms with Gasteiger partial charge in [0.25, 0.3) is 0 Å². The molecule has 1 aromatic rings. The molecule has 2 atom stereocenters. The summed E-state index contributed by atoms with van der Waals surface area (Å²) < 4.78 is 0. The maximum atomic E-state index is 2.40. The Bertz CT molecular complexity index is 336. The molecule has 76 valence electrons. The van der Waals surface area contributed by atoms with Crippen molar-refractivity contribution >= 4 is 13.2 Å². The van der Waals surface area contributed by atoms with Gasteiger partial charge < -0.3 is 0 Å². The van der Waals surface area contributed by atoms with E-state index in [0.29, 0.717) is 0 Å². The normalized spacial score (nSPS) is 30.5. The van der Waals surface area contributed by atoms with Crippen molar-refractivity contribution in [3.8, 4) is 0 Å². The fourth-order valence-corrected chi connectivity index (χ4v) is 5.46. The summed E-state index contributed by atoms with van der Waals surface area (Å²) in [5.74, 6) is 0. The molecule has 0 aliphatic carbocycles. The van der Waals surface area contributed by atoms with E-state index in [9.17, 15) is 0 Å². The van der Waals surface area contributed by atoms with E-state index in [-0.39, 0.29) is 7.92 Å². The molecular formula is C13H19P. The number of benzene rings is 1. The van der Waals surface area contributed by atoms with Crippen LogP contribution in [0.5, 0.6) is 0 Å². The van der Waals surface area contributed by atoms with Crippen LogP contribution in [0.15, 0.2) is 12.1 Å². The highest BCUT2D eigenvalue weighted by molar-refractivity contribution is 7.74. The van der Waals surface area contributed by atoms with Crippen molar-refractivity contribution in [1.82, 2.24) is 0 Å². The van der Waals surface area contributed by atoms with E-state index in [0.717, 1.165) is 11.3 Å². The van der Waals surface area contributed by atoms with Crippen molar-refractivity contribution in [1.29, 1.82) is 0 Å². The second kappa shape index (κ2) is 3.35. The topological polar surface area (TPSA) is 0 Å². The number of rotatable bonds is 1. The lowest BCUT2D eigenvalue weighted by Crippen LogP contribution is -2.06. The first-order valence-electron chi connectivity index (χ1n) is 5.38. The highest BCUT2D eigenvalue weighted by atomic mass is 31.1. The van der Waals surface area contributed by atoms with Crippen LogP contribution in [0.3, 0.4) is 0 Å². The Labute approximate surface area is 88.5 Å². The minimum atomic E-state index is 0.178. The van der Waals surface area contributed by atoms with Crippen molar-refractivity contribution in [2.24, 2.45) is 0 Å². The summed E-state index contributed by atoms with van der Waals surface area (Å²) >= 11 is 0. The van der Waals surface area contributed by atoms with E-state index >= 15 is 0 Å². The largest absolute Gasteiger partial charge is 0.0677 e. The van der Waals surface area contributed by atoms with Gasteiger partial charge in [-0.15, -0.1) is 0 Å². The van der Waals surface area contributed by atoms with Gasteiger partial charge in [0.1, 0.15) is 0 Å². The van der Waals surface area contributed by atoms with Crippen LogP contribution in [-0.2, 0) is 0 Å². The van der Waals surface area contributed by atoms with Crippen LogP contribution in [0, 0.1) is 20.8 Å². The van der Waals surface area contributed by atoms with Crippen LogP contribution in [0.25, 0.3) is 0 Å². The minimum Gasteiger partial charge on any atom is -0.0677 e. The molecule has 0 unspecified atom stereocenters. The molecule has 1 aliphatic rings. The molecule has 1 fully saturated rings. The van der Waals surface area contributed by atoms with Gasteiger partial charge in [0, 0.05) is 0 Å². The third kappa shape index (κ3) is 1.50. The third-order valence-corrected chi connectivity index (χ3v) is 6.91. The summed E-state index contributed by atoms with van der Waals surface area (Å²) in [5, 5.41) is 1.69. The van der Waals surface area contributed by atoms with Crippen LogP contribution in [-0.4, -0.2) is 11.3 Å². The lowest BCUT2D eigenvalue weighted by molar-refractivity contribution is 1.05. The van der Waals surface area contributed by atoms with Gasteiger partial charge in [-0.3, -0.25) is 0 Å². The van der Waals surface area contributed by atoms with Crippen molar-refractivity contribution in [3.05, 3.63) is 28.8 Å². The maximum Gasteiger partial charge on any atom is -0.0126 e. The SMILES string of the molecule is Cc1cc(C)c(P2[C@@H](C)[C@@H]2C)c(C)c1. The number of hydrogen-bond acceptors (Lipinski definition) is 0. The molecule has 0 nitrogen and oxygen atoms in total. The minimum absolute atomic E-state index is 0.178. The molecule has 0 N–H and O–H groups in total. The van der Waals surface area contributed by atoms with E-state index in [4.69, 9.17) is 0 Å². The van der Waals surface area contributed by atoms with Crippen LogP contribution in [0.4, 0.5) is 0 Å². The Morgan fingerprint density at radius 1 is 0.929 bits per heavy atom. The van der Waals surface area contributed by atoms with Crippen molar-refractivity contribution < 1.29 is 0 Å². The number of aryl methyl sites for hydroxylation is 3. The van der Waals surface area contributed by atoms with E-state index in [1.54, 1.807) is 5.30 Å². The Kier molecular flexibility index (Phi) is 2.43. The highest BCUT2D eigenvalue weighted by Gasteiger charge is 2.44. The standard InChI is InChI=1S/C13H19P/c1-8-6-9(2)13(10(3)7-8)14-11(4)12(14)5/h6-7,11-12H,1-5H3/t11-,12-/m0/s1. The van der Waals surface area contributed by atoms with Gasteiger partial charge >= 0.3 is 0 Å². The van der Waals surface area contributed by atoms with Crippen molar-refractivity contribution in [2.75, 3.05) is 0 Å². The third-order valence-electron chi connectivity index (χ3n) is 3.38. The highest BCUT2D eigenvalue weighted by Crippen LogP contribution is 2.65. The molecule has 1 aromatic carbocycles. The summed E-state index contributed by atoms with van der Waals surface area (Å²) in [7, 11) is 0.178. The molecule has 0 amide bonds. The van der Waals surface area contributed by atoms with Crippen molar-refractivity contribution in [2.45, 2.75) is 45.9 Å². The molecule has 1 heterocycles. The summed E-state index contributed by atoms with van der Waals surface area (Å²) in [6, 6.07) is 4.67. The first kappa shape index (κ1) is 10.2. The summed E-state index contributed by atoms with van der Waals surface area (Å²) in [6.07, 6.45) is 0. The van der Waals surface area contributed by atoms with Crippen molar-refractivity contribution in [3.63, 3.8) is 0 Å². The smallest absolute Gasteiger partial charge is 0.0126 e. The summed E-state index contributed by atoms with van der Waals surface area (Å²) in [4.78, 5) is 0. The quantitative estimate of drug-likeness (QED) is 0.617. The lowest BCUT2D eigenvalue weighted by Gasteiger charge is -2.10. The zero-order chi connectivity index (χ0) is 10.5. The van der Waals surface area contributed by atoms with E-state index < -0.39 is 0 Å². The Morgan fingerprint density at radius 2 is 1.36 bits per heavy atom. The molecule has 0 bridgehead atoms. The van der Waals surface area contributed by atoms with Gasteiger partial charge in [0.15, 0.2) is 0 Å². The van der Waals surface area contributed by atoms with E-state index in [1.165, 1.54) is 16.7 Å². The molecule has 1 aliphatic heterocycles. The average molecular weight is 206 g/mol. The Balaban J connectivity index is 2.44. The monoisotopic (exact) mass is 206 g/mol. The zero-order valence-corrected chi connectivity index (χ0v) is 10.7. The van der Waals surface area contributed by atoms with Gasteiger partial charge in [-0.1, -0.05) is 39.5 Å². The summed E-state index contributed by atoms with van der Waals surface area (Å²) in [5.41, 5.74) is 6.34. The molecule has 0 radical (unpaired) electrons. The van der Waals surface area contributed by atoms with Crippen LogP contribution in [0.1, 0.15) is 30.5 Å². The van der Waals surface area contributed by atoms with Gasteiger partial charge in [-0.25, -0.2) is 0 Å². The second-order valence-electron chi connectivity index (χ2n) is 4.64. The van der Waals surface area contributed by atoms with Gasteiger partial charge in [-0.05, 0) is 48.5 Å². The molecule has 0 spiro atoms. The predicted molar refractivity (Wildman–Crippen MR) is 66.1 cm³/mol. The molecular weight excluding hydrogens is 187 g/mol. The number of hydrogen-bond donors (Lipinski definition) is 0. The Hall–Kier alpha value is -0.350. The van der Waals surface area contributed by atoms with E-state index in [1.807, 2.05) is 0 Å². The molecule has 14 heavy (non-hydrogen) atoms. The van der Waals surface area contributed by atoms with Gasteiger partial charge in [0.05, 0.1) is 0 Å². The maximum absolute atomic E-state index is 2.40. The van der Waals surface area contributed by atoms with Crippen LogP contribution in [0.2, 0.25) is 0 Å². The first-order chi connectivity index (χ1) is 6.52. The zero-order valence-electron chi connectivity index (χ0n) is 9.76. The van der Waals surface area contributed by atoms with Crippen LogP contribution < -0.4 is 5.30 Å². The molecule has 0 aromatic heterocycles.